The maximum atomic E-state index is 13.8. The van der Waals surface area contributed by atoms with Crippen LogP contribution in [0.4, 0.5) is 8.78 Å². The van der Waals surface area contributed by atoms with Crippen LogP contribution in [0, 0.1) is 36.3 Å². The summed E-state index contributed by atoms with van der Waals surface area (Å²) < 4.78 is 27.1. The highest BCUT2D eigenvalue weighted by Gasteiger charge is 2.21. The molecule has 1 aliphatic rings. The zero-order valence-electron chi connectivity index (χ0n) is 15.4. The summed E-state index contributed by atoms with van der Waals surface area (Å²) in [6.45, 7) is 2.12. The average molecular weight is 360 g/mol. The highest BCUT2D eigenvalue weighted by molar-refractivity contribution is 5.84. The lowest BCUT2D eigenvalue weighted by molar-refractivity contribution is 0.384. The van der Waals surface area contributed by atoms with Gasteiger partial charge in [-0.2, -0.15) is 0 Å². The molecule has 0 saturated heterocycles. The first-order valence-corrected chi connectivity index (χ1v) is 9.56. The first kappa shape index (κ1) is 17.7. The summed E-state index contributed by atoms with van der Waals surface area (Å²) in [4.78, 5) is 0. The average Bonchev–Trinajstić information content (AvgIpc) is 2.70. The molecule has 3 aromatic rings. The fourth-order valence-corrected chi connectivity index (χ4v) is 3.94. The molecule has 1 fully saturated rings. The van der Waals surface area contributed by atoms with Gasteiger partial charge in [0.05, 0.1) is 0 Å². The smallest absolute Gasteiger partial charge is 0.166 e. The van der Waals surface area contributed by atoms with Crippen LogP contribution in [0.2, 0.25) is 0 Å². The Hall–Kier alpha value is -2.66. The van der Waals surface area contributed by atoms with Crippen molar-refractivity contribution in [1.82, 2.24) is 0 Å². The Labute approximate surface area is 159 Å². The lowest BCUT2D eigenvalue weighted by atomic mass is 9.79. The highest BCUT2D eigenvalue weighted by Crippen LogP contribution is 2.35. The summed E-state index contributed by atoms with van der Waals surface area (Å²) in [7, 11) is 0. The minimum absolute atomic E-state index is 0.305. The Morgan fingerprint density at radius 1 is 0.852 bits per heavy atom. The maximum Gasteiger partial charge on any atom is 0.166 e. The van der Waals surface area contributed by atoms with Gasteiger partial charge in [0.25, 0.3) is 0 Å². The molecule has 3 aromatic carbocycles. The van der Waals surface area contributed by atoms with Gasteiger partial charge < -0.3 is 0 Å². The van der Waals surface area contributed by atoms with Gasteiger partial charge in [0.2, 0.25) is 0 Å². The van der Waals surface area contributed by atoms with Crippen LogP contribution in [-0.2, 0) is 0 Å². The Morgan fingerprint density at radius 2 is 1.59 bits per heavy atom. The molecular weight excluding hydrogens is 338 g/mol. The van der Waals surface area contributed by atoms with Crippen LogP contribution in [0.15, 0.2) is 54.6 Å². The Balaban J connectivity index is 1.44. The van der Waals surface area contributed by atoms with Crippen LogP contribution in [-0.4, -0.2) is 0 Å². The third kappa shape index (κ3) is 3.88. The predicted molar refractivity (Wildman–Crippen MR) is 107 cm³/mol. The van der Waals surface area contributed by atoms with Gasteiger partial charge in [0.1, 0.15) is 0 Å². The van der Waals surface area contributed by atoms with Crippen molar-refractivity contribution in [3.05, 3.63) is 82.9 Å². The normalized spacial score (nSPS) is 19.5. The quantitative estimate of drug-likeness (QED) is 0.421. The fraction of sp³-hybridized carbons (Fsp3) is 0.280. The van der Waals surface area contributed by atoms with Gasteiger partial charge in [0.15, 0.2) is 11.6 Å². The van der Waals surface area contributed by atoms with E-state index in [9.17, 15) is 8.78 Å². The van der Waals surface area contributed by atoms with Gasteiger partial charge in [-0.3, -0.25) is 0 Å². The number of aryl methyl sites for hydroxylation is 1. The zero-order chi connectivity index (χ0) is 18.8. The minimum Gasteiger partial charge on any atom is -0.204 e. The number of hydrogen-bond donors (Lipinski definition) is 0. The van der Waals surface area contributed by atoms with Crippen molar-refractivity contribution in [2.45, 2.75) is 38.5 Å². The molecule has 0 aliphatic heterocycles. The van der Waals surface area contributed by atoms with Crippen LogP contribution in [0.5, 0.6) is 0 Å². The van der Waals surface area contributed by atoms with E-state index in [0.29, 0.717) is 22.6 Å². The van der Waals surface area contributed by atoms with Crippen molar-refractivity contribution in [3.63, 3.8) is 0 Å². The van der Waals surface area contributed by atoms with Gasteiger partial charge >= 0.3 is 0 Å². The monoisotopic (exact) mass is 360 g/mol. The lowest BCUT2D eigenvalue weighted by Gasteiger charge is -2.26. The molecule has 1 aliphatic carbocycles. The van der Waals surface area contributed by atoms with E-state index in [1.54, 1.807) is 18.2 Å². The Morgan fingerprint density at radius 3 is 2.33 bits per heavy atom. The van der Waals surface area contributed by atoms with Crippen LogP contribution in [0.3, 0.4) is 0 Å². The zero-order valence-corrected chi connectivity index (χ0v) is 15.4. The van der Waals surface area contributed by atoms with E-state index in [4.69, 9.17) is 0 Å². The van der Waals surface area contributed by atoms with Crippen LogP contribution in [0.1, 0.15) is 48.3 Å². The predicted octanol–water partition coefficient (Wildman–Crippen LogP) is 6.75. The number of halogens is 2. The third-order valence-electron chi connectivity index (χ3n) is 5.60. The highest BCUT2D eigenvalue weighted by atomic mass is 19.2. The topological polar surface area (TPSA) is 0 Å². The lowest BCUT2D eigenvalue weighted by Crippen LogP contribution is -2.12. The summed E-state index contributed by atoms with van der Waals surface area (Å²) in [6.07, 6.45) is 4.56. The second-order valence-electron chi connectivity index (χ2n) is 7.53. The minimum atomic E-state index is -0.813. The van der Waals surface area contributed by atoms with E-state index in [1.807, 2.05) is 6.07 Å². The van der Waals surface area contributed by atoms with Gasteiger partial charge in [-0.1, -0.05) is 53.8 Å². The second-order valence-corrected chi connectivity index (χ2v) is 7.53. The number of rotatable bonds is 1. The standard InChI is InChI=1S/C25H22F2/c1-17-2-9-20(10-3-17)21-11-6-18(7-12-21)4-5-19-8-14-23-22(16-19)13-15-24(26)25(23)27/h2-3,8-10,13-16,18,21H,6-7,11-12H2,1H3. The van der Waals surface area contributed by atoms with Crippen molar-refractivity contribution in [3.8, 4) is 11.8 Å². The van der Waals surface area contributed by atoms with Crippen molar-refractivity contribution >= 4 is 10.8 Å². The van der Waals surface area contributed by atoms with E-state index in [2.05, 4.69) is 43.0 Å². The molecule has 1 saturated carbocycles. The van der Waals surface area contributed by atoms with Crippen molar-refractivity contribution in [2.75, 3.05) is 0 Å². The molecule has 27 heavy (non-hydrogen) atoms. The summed E-state index contributed by atoms with van der Waals surface area (Å²) >= 11 is 0. The van der Waals surface area contributed by atoms with Crippen LogP contribution >= 0.6 is 0 Å². The summed E-state index contributed by atoms with van der Waals surface area (Å²) in [5, 5.41) is 0.989. The molecular formula is C25H22F2. The van der Waals surface area contributed by atoms with Crippen molar-refractivity contribution in [2.24, 2.45) is 5.92 Å². The molecule has 2 heteroatoms. The van der Waals surface area contributed by atoms with Gasteiger partial charge in [-0.25, -0.2) is 8.78 Å². The van der Waals surface area contributed by atoms with E-state index in [0.717, 1.165) is 18.4 Å². The van der Waals surface area contributed by atoms with E-state index < -0.39 is 11.6 Å². The van der Waals surface area contributed by atoms with Crippen LogP contribution < -0.4 is 0 Å². The third-order valence-corrected chi connectivity index (χ3v) is 5.60. The van der Waals surface area contributed by atoms with Crippen molar-refractivity contribution < 1.29 is 8.78 Å². The SMILES string of the molecule is Cc1ccc(C2CCC(C#Cc3ccc4c(F)c(F)ccc4c3)CC2)cc1. The summed E-state index contributed by atoms with van der Waals surface area (Å²) in [5.41, 5.74) is 3.60. The number of hydrogen-bond acceptors (Lipinski definition) is 0. The van der Waals surface area contributed by atoms with Crippen molar-refractivity contribution in [1.29, 1.82) is 0 Å². The second kappa shape index (κ2) is 7.53. The van der Waals surface area contributed by atoms with Gasteiger partial charge in [-0.05, 0) is 67.7 Å². The molecule has 136 valence electrons. The van der Waals surface area contributed by atoms with Gasteiger partial charge in [-0.15, -0.1) is 0 Å². The number of benzene rings is 3. The molecule has 4 rings (SSSR count). The molecule has 0 N–H and O–H groups in total. The Bertz CT molecular complexity index is 1010. The number of fused-ring (bicyclic) bond motifs is 1. The van der Waals surface area contributed by atoms with Crippen LogP contribution in [0.25, 0.3) is 10.8 Å². The first-order valence-electron chi connectivity index (χ1n) is 9.56. The summed E-state index contributed by atoms with van der Waals surface area (Å²) in [5.74, 6) is 6.08. The molecule has 0 nitrogen and oxygen atoms in total. The molecule has 0 amide bonds. The fourth-order valence-electron chi connectivity index (χ4n) is 3.94. The van der Waals surface area contributed by atoms with E-state index in [1.165, 1.54) is 30.0 Å². The maximum absolute atomic E-state index is 13.8. The van der Waals surface area contributed by atoms with Gasteiger partial charge in [0, 0.05) is 16.9 Å². The molecule has 0 unspecified atom stereocenters. The largest absolute Gasteiger partial charge is 0.204 e. The molecule has 0 radical (unpaired) electrons. The Kier molecular flexibility index (Phi) is 4.94. The van der Waals surface area contributed by atoms with E-state index in [-0.39, 0.29) is 0 Å². The molecule has 0 spiro atoms. The summed E-state index contributed by atoms with van der Waals surface area (Å²) in [6, 6.07) is 16.9. The molecule has 0 aromatic heterocycles. The first-order chi connectivity index (χ1) is 13.1. The molecule has 0 atom stereocenters. The van der Waals surface area contributed by atoms with E-state index >= 15 is 0 Å². The molecule has 0 heterocycles. The molecule has 0 bridgehead atoms.